The van der Waals surface area contributed by atoms with E-state index >= 15 is 0 Å². The van der Waals surface area contributed by atoms with E-state index in [0.29, 0.717) is 15.8 Å². The predicted octanol–water partition coefficient (Wildman–Crippen LogP) is 4.77. The number of thioether (sulfide) groups is 1. The second-order valence-corrected chi connectivity index (χ2v) is 7.84. The van der Waals surface area contributed by atoms with Gasteiger partial charge in [0.05, 0.1) is 11.4 Å². The lowest BCUT2D eigenvalue weighted by Gasteiger charge is -2.14. The minimum absolute atomic E-state index is 0.00313. The molecule has 1 saturated heterocycles. The fourth-order valence-corrected chi connectivity index (χ4v) is 4.33. The molecule has 1 aliphatic heterocycles. The molecule has 1 amide bonds. The van der Waals surface area contributed by atoms with Crippen LogP contribution in [0.3, 0.4) is 0 Å². The van der Waals surface area contributed by atoms with Gasteiger partial charge in [-0.15, -0.1) is 11.3 Å². The Labute approximate surface area is 143 Å². The number of nitrogens with zero attached hydrogens (tertiary/aromatic N) is 1. The van der Waals surface area contributed by atoms with Crippen molar-refractivity contribution in [1.29, 1.82) is 0 Å². The molecule has 0 spiro atoms. The average Bonchev–Trinajstić information content (AvgIpc) is 3.00. The first kappa shape index (κ1) is 15.5. The maximum absolute atomic E-state index is 12.6. The largest absolute Gasteiger partial charge is 0.288 e. The molecule has 0 saturated carbocycles. The minimum atomic E-state index is 0.00313. The van der Waals surface area contributed by atoms with E-state index in [0.717, 1.165) is 10.4 Å². The summed E-state index contributed by atoms with van der Waals surface area (Å²) in [5, 5.41) is 2.04. The lowest BCUT2D eigenvalue weighted by Crippen LogP contribution is -2.27. The van der Waals surface area contributed by atoms with Crippen molar-refractivity contribution in [2.75, 3.05) is 0 Å². The number of benzene rings is 1. The molecule has 0 bridgehead atoms. The fourth-order valence-electron chi connectivity index (χ4n) is 2.16. The second kappa shape index (κ2) is 6.36. The molecule has 1 aromatic heterocycles. The van der Waals surface area contributed by atoms with E-state index in [1.165, 1.54) is 22.9 Å². The highest BCUT2D eigenvalue weighted by atomic mass is 32.2. The third kappa shape index (κ3) is 3.16. The van der Waals surface area contributed by atoms with Gasteiger partial charge in [0.2, 0.25) is 0 Å². The third-order valence-electron chi connectivity index (χ3n) is 3.50. The number of aryl methyl sites for hydroxylation is 2. The van der Waals surface area contributed by atoms with E-state index < -0.39 is 0 Å². The molecule has 0 aliphatic carbocycles. The summed E-state index contributed by atoms with van der Waals surface area (Å²) >= 11 is 8.41. The zero-order valence-corrected chi connectivity index (χ0v) is 14.8. The summed E-state index contributed by atoms with van der Waals surface area (Å²) in [4.78, 5) is 16.1. The average molecular weight is 346 g/mol. The van der Waals surface area contributed by atoms with Crippen LogP contribution in [0.1, 0.15) is 21.6 Å². The summed E-state index contributed by atoms with van der Waals surface area (Å²) in [6, 6.07) is 10.3. The van der Waals surface area contributed by atoms with Crippen LogP contribution in [0.2, 0.25) is 0 Å². The molecule has 1 aliphatic rings. The maximum atomic E-state index is 12.6. The van der Waals surface area contributed by atoms with E-state index in [4.69, 9.17) is 12.2 Å². The molecule has 5 heteroatoms. The number of hydrogen-bond acceptors (Lipinski definition) is 4. The number of rotatable bonds is 3. The van der Waals surface area contributed by atoms with E-state index in [2.05, 4.69) is 32.0 Å². The summed E-state index contributed by atoms with van der Waals surface area (Å²) in [7, 11) is 0. The molecular formula is C17H15NOS3. The Morgan fingerprint density at radius 1 is 1.18 bits per heavy atom. The normalized spacial score (nSPS) is 16.8. The van der Waals surface area contributed by atoms with Crippen molar-refractivity contribution >= 4 is 51.6 Å². The quantitative estimate of drug-likeness (QED) is 0.590. The lowest BCUT2D eigenvalue weighted by molar-refractivity contribution is -0.122. The van der Waals surface area contributed by atoms with Crippen LogP contribution in [0, 0.1) is 13.8 Å². The van der Waals surface area contributed by atoms with Gasteiger partial charge in [-0.05, 0) is 42.5 Å². The molecule has 1 fully saturated rings. The van der Waals surface area contributed by atoms with Gasteiger partial charge in [-0.3, -0.25) is 9.69 Å². The molecule has 0 N–H and O–H groups in total. The van der Waals surface area contributed by atoms with Crippen LogP contribution in [0.15, 0.2) is 40.6 Å². The first-order valence-corrected chi connectivity index (χ1v) is 9.00. The topological polar surface area (TPSA) is 20.3 Å². The number of amides is 1. The number of thiophene rings is 1. The van der Waals surface area contributed by atoms with Crippen LogP contribution in [0.25, 0.3) is 6.08 Å². The molecular weight excluding hydrogens is 330 g/mol. The zero-order valence-electron chi connectivity index (χ0n) is 12.3. The lowest BCUT2D eigenvalue weighted by atomic mass is 10.1. The van der Waals surface area contributed by atoms with Crippen LogP contribution in [0.5, 0.6) is 0 Å². The Hall–Kier alpha value is -1.43. The summed E-state index contributed by atoms with van der Waals surface area (Å²) in [6.45, 7) is 4.64. The van der Waals surface area contributed by atoms with Crippen molar-refractivity contribution in [2.24, 2.45) is 0 Å². The zero-order chi connectivity index (χ0) is 15.7. The Bertz CT molecular complexity index is 758. The van der Waals surface area contributed by atoms with Gasteiger partial charge >= 0.3 is 0 Å². The fraction of sp³-hybridized carbons (Fsp3) is 0.176. The van der Waals surface area contributed by atoms with Gasteiger partial charge in [0.1, 0.15) is 4.32 Å². The van der Waals surface area contributed by atoms with Crippen LogP contribution < -0.4 is 0 Å². The molecule has 2 nitrogen and oxygen atoms in total. The van der Waals surface area contributed by atoms with Gasteiger partial charge in [-0.25, -0.2) is 0 Å². The molecule has 2 aromatic rings. The molecule has 1 aromatic carbocycles. The Morgan fingerprint density at radius 2 is 1.91 bits per heavy atom. The highest BCUT2D eigenvalue weighted by Crippen LogP contribution is 2.34. The first-order chi connectivity index (χ1) is 10.5. The Kier molecular flexibility index (Phi) is 4.47. The van der Waals surface area contributed by atoms with Gasteiger partial charge < -0.3 is 0 Å². The number of carbonyl (C=O) groups is 1. The summed E-state index contributed by atoms with van der Waals surface area (Å²) in [6.07, 6.45) is 1.95. The highest BCUT2D eigenvalue weighted by Gasteiger charge is 2.32. The van der Waals surface area contributed by atoms with E-state index in [1.807, 2.05) is 23.6 Å². The molecule has 3 rings (SSSR count). The van der Waals surface area contributed by atoms with Crippen LogP contribution in [-0.2, 0) is 11.3 Å². The molecule has 0 radical (unpaired) electrons. The standard InChI is InChI=1S/C17H15NOS3/c1-11-3-5-13(6-4-11)10-18-16(19)15(22-17(18)20)9-14-12(2)7-8-21-14/h3-9H,10H2,1-2H3. The van der Waals surface area contributed by atoms with Crippen molar-refractivity contribution in [3.05, 3.63) is 62.2 Å². The molecule has 2 heterocycles. The van der Waals surface area contributed by atoms with Crippen molar-refractivity contribution < 1.29 is 4.79 Å². The molecule has 0 unspecified atom stereocenters. The highest BCUT2D eigenvalue weighted by molar-refractivity contribution is 8.26. The number of carbonyl (C=O) groups excluding carboxylic acids is 1. The van der Waals surface area contributed by atoms with Crippen molar-refractivity contribution in [3.63, 3.8) is 0 Å². The van der Waals surface area contributed by atoms with Gasteiger partial charge in [-0.2, -0.15) is 0 Å². The molecule has 112 valence electrons. The monoisotopic (exact) mass is 345 g/mol. The summed E-state index contributed by atoms with van der Waals surface area (Å²) < 4.78 is 0.631. The smallest absolute Gasteiger partial charge is 0.266 e. The van der Waals surface area contributed by atoms with E-state index in [-0.39, 0.29) is 5.91 Å². The van der Waals surface area contributed by atoms with Gasteiger partial charge in [0.25, 0.3) is 5.91 Å². The Balaban J connectivity index is 1.81. The second-order valence-electron chi connectivity index (χ2n) is 5.22. The van der Waals surface area contributed by atoms with Crippen LogP contribution >= 0.6 is 35.3 Å². The predicted molar refractivity (Wildman–Crippen MR) is 99.0 cm³/mol. The summed E-state index contributed by atoms with van der Waals surface area (Å²) in [5.41, 5.74) is 3.49. The van der Waals surface area contributed by atoms with Crippen molar-refractivity contribution in [2.45, 2.75) is 20.4 Å². The Morgan fingerprint density at radius 3 is 2.55 bits per heavy atom. The first-order valence-electron chi connectivity index (χ1n) is 6.89. The van der Waals surface area contributed by atoms with E-state index in [9.17, 15) is 4.79 Å². The summed E-state index contributed by atoms with van der Waals surface area (Å²) in [5.74, 6) is 0.00313. The molecule has 22 heavy (non-hydrogen) atoms. The van der Waals surface area contributed by atoms with Gasteiger partial charge in [-0.1, -0.05) is 53.8 Å². The third-order valence-corrected chi connectivity index (χ3v) is 5.84. The number of hydrogen-bond donors (Lipinski definition) is 0. The number of thiocarbonyl (C=S) groups is 1. The van der Waals surface area contributed by atoms with Crippen molar-refractivity contribution in [3.8, 4) is 0 Å². The van der Waals surface area contributed by atoms with Crippen LogP contribution in [-0.4, -0.2) is 15.1 Å². The minimum Gasteiger partial charge on any atom is -0.288 e. The van der Waals surface area contributed by atoms with Gasteiger partial charge in [0, 0.05) is 4.88 Å². The molecule has 0 atom stereocenters. The van der Waals surface area contributed by atoms with Crippen LogP contribution in [0.4, 0.5) is 0 Å². The maximum Gasteiger partial charge on any atom is 0.266 e. The van der Waals surface area contributed by atoms with Gasteiger partial charge in [0.15, 0.2) is 0 Å². The SMILES string of the molecule is Cc1ccc(CN2C(=O)C(=Cc3sccc3C)SC2=S)cc1. The van der Waals surface area contributed by atoms with Crippen molar-refractivity contribution in [1.82, 2.24) is 4.90 Å². The van der Waals surface area contributed by atoms with E-state index in [1.54, 1.807) is 16.2 Å².